The summed E-state index contributed by atoms with van der Waals surface area (Å²) in [6, 6.07) is 0. The van der Waals surface area contributed by atoms with Crippen LogP contribution in [0.4, 0.5) is 0 Å². The number of Topliss-reactive ketones (excluding diaryl/α,β-unsaturated/α-hetero) is 1. The molecule has 0 aromatic rings. The number of carbonyl (C=O) groups is 2. The Morgan fingerprint density at radius 2 is 1.77 bits per heavy atom. The van der Waals surface area contributed by atoms with Crippen molar-refractivity contribution in [2.24, 2.45) is 11.3 Å². The lowest BCUT2D eigenvalue weighted by Gasteiger charge is -2.51. The number of esters is 1. The van der Waals surface area contributed by atoms with E-state index in [0.717, 1.165) is 12.0 Å². The molecule has 0 N–H and O–H groups in total. The number of hydrogen-bond donors (Lipinski definition) is 0. The van der Waals surface area contributed by atoms with Crippen LogP contribution < -0.4 is 0 Å². The lowest BCUT2D eigenvalue weighted by atomic mass is 9.62. The summed E-state index contributed by atoms with van der Waals surface area (Å²) in [5, 5.41) is 0.0893. The smallest absolute Gasteiger partial charge is 0.302 e. The van der Waals surface area contributed by atoms with Gasteiger partial charge in [0, 0.05) is 25.2 Å². The molecule has 0 aliphatic heterocycles. The van der Waals surface area contributed by atoms with Crippen molar-refractivity contribution < 1.29 is 18.8 Å². The van der Waals surface area contributed by atoms with Gasteiger partial charge in [-0.15, -0.1) is 0 Å². The summed E-state index contributed by atoms with van der Waals surface area (Å²) in [7, 11) is -1.99. The van der Waals surface area contributed by atoms with Gasteiger partial charge in [-0.25, -0.2) is 0 Å². The summed E-state index contributed by atoms with van der Waals surface area (Å²) in [6.45, 7) is 22.8. The van der Waals surface area contributed by atoms with Crippen LogP contribution in [0.15, 0.2) is 12.2 Å². The first-order valence-electron chi connectivity index (χ1n) is 9.62. The Bertz CT molecular complexity index is 557. The third-order valence-corrected chi connectivity index (χ3v) is 10.8. The molecule has 0 spiro atoms. The SMILES string of the molecule is C=C1[C@@H](O[Si](C)(C)C(C)(C)C)C[C@H](OC(C)=O)C(C)(C)[C@@H]1CCC(C)=O. The highest BCUT2D eigenvalue weighted by atomic mass is 28.4. The minimum absolute atomic E-state index is 0.0827. The number of hydrogen-bond acceptors (Lipinski definition) is 4. The molecule has 0 aromatic heterocycles. The molecule has 1 saturated carbocycles. The number of carbonyl (C=O) groups excluding carboxylic acids is 2. The molecule has 0 radical (unpaired) electrons. The van der Waals surface area contributed by atoms with E-state index in [1.54, 1.807) is 6.92 Å². The van der Waals surface area contributed by atoms with Crippen LogP contribution in [0.5, 0.6) is 0 Å². The van der Waals surface area contributed by atoms with Gasteiger partial charge >= 0.3 is 5.97 Å². The Kier molecular flexibility index (Phi) is 7.08. The monoisotopic (exact) mass is 382 g/mol. The van der Waals surface area contributed by atoms with Crippen molar-refractivity contribution >= 4 is 20.1 Å². The molecule has 0 amide bonds. The second kappa shape index (κ2) is 7.97. The molecule has 1 rings (SSSR count). The Morgan fingerprint density at radius 1 is 1.23 bits per heavy atom. The van der Waals surface area contributed by atoms with Crippen LogP contribution in [-0.4, -0.2) is 32.3 Å². The van der Waals surface area contributed by atoms with Crippen LogP contribution in [-0.2, 0) is 18.8 Å². The highest BCUT2D eigenvalue weighted by Crippen LogP contribution is 2.49. The van der Waals surface area contributed by atoms with Gasteiger partial charge in [-0.05, 0) is 43.0 Å². The summed E-state index contributed by atoms with van der Waals surface area (Å²) in [5.74, 6) is -0.0173. The molecule has 0 bridgehead atoms. The van der Waals surface area contributed by atoms with Crippen LogP contribution >= 0.6 is 0 Å². The van der Waals surface area contributed by atoms with E-state index in [1.807, 2.05) is 0 Å². The minimum Gasteiger partial charge on any atom is -0.462 e. The average molecular weight is 383 g/mol. The van der Waals surface area contributed by atoms with Gasteiger partial charge < -0.3 is 14.0 Å². The fourth-order valence-corrected chi connectivity index (χ4v) is 4.85. The zero-order valence-corrected chi connectivity index (χ0v) is 19.2. The maximum absolute atomic E-state index is 11.7. The first-order valence-corrected chi connectivity index (χ1v) is 12.5. The molecule has 1 aliphatic rings. The minimum atomic E-state index is -1.99. The fourth-order valence-electron chi connectivity index (χ4n) is 3.54. The largest absolute Gasteiger partial charge is 0.462 e. The molecule has 1 aliphatic carbocycles. The first-order chi connectivity index (χ1) is 11.6. The zero-order chi connectivity index (χ0) is 20.5. The molecule has 0 aromatic carbocycles. The quantitative estimate of drug-likeness (QED) is 0.356. The summed E-state index contributed by atoms with van der Waals surface area (Å²) in [6.07, 6.45) is 1.49. The summed E-state index contributed by atoms with van der Waals surface area (Å²) in [4.78, 5) is 23.2. The van der Waals surface area contributed by atoms with Crippen molar-refractivity contribution in [3.05, 3.63) is 12.2 Å². The van der Waals surface area contributed by atoms with Gasteiger partial charge in [-0.1, -0.05) is 41.2 Å². The van der Waals surface area contributed by atoms with Crippen LogP contribution in [0.1, 0.15) is 67.7 Å². The van der Waals surface area contributed by atoms with Crippen molar-refractivity contribution in [2.75, 3.05) is 0 Å². The maximum Gasteiger partial charge on any atom is 0.302 e. The lowest BCUT2D eigenvalue weighted by molar-refractivity contribution is -0.160. The van der Waals surface area contributed by atoms with Crippen molar-refractivity contribution in [1.29, 1.82) is 0 Å². The van der Waals surface area contributed by atoms with Gasteiger partial charge in [-0.2, -0.15) is 0 Å². The standard InChI is InChI=1S/C21H38O4Si/c1-14(22)11-12-17-15(2)18(25-26(9,10)20(4,5)6)13-19(21(17,7)8)24-16(3)23/h17-19H,2,11-13H2,1,3-10H3/t17-,18+,19+/m1/s1. The van der Waals surface area contributed by atoms with E-state index in [4.69, 9.17) is 9.16 Å². The third-order valence-electron chi connectivity index (χ3n) is 6.35. The van der Waals surface area contributed by atoms with Crippen molar-refractivity contribution in [2.45, 2.75) is 98.1 Å². The Hall–Kier alpha value is -0.943. The van der Waals surface area contributed by atoms with E-state index in [0.29, 0.717) is 12.8 Å². The normalized spacial score (nSPS) is 26.5. The molecule has 150 valence electrons. The van der Waals surface area contributed by atoms with E-state index in [9.17, 15) is 9.59 Å². The Morgan fingerprint density at radius 3 is 2.19 bits per heavy atom. The highest BCUT2D eigenvalue weighted by Gasteiger charge is 2.50. The highest BCUT2D eigenvalue weighted by molar-refractivity contribution is 6.74. The average Bonchev–Trinajstić information content (AvgIpc) is 2.41. The molecule has 1 fully saturated rings. The van der Waals surface area contributed by atoms with Crippen LogP contribution in [0.3, 0.4) is 0 Å². The van der Waals surface area contributed by atoms with Crippen LogP contribution in [0.25, 0.3) is 0 Å². The molecule has 4 nitrogen and oxygen atoms in total. The van der Waals surface area contributed by atoms with Crippen LogP contribution in [0, 0.1) is 11.3 Å². The zero-order valence-electron chi connectivity index (χ0n) is 18.2. The van der Waals surface area contributed by atoms with Gasteiger partial charge in [0.15, 0.2) is 8.32 Å². The van der Waals surface area contributed by atoms with E-state index in [1.165, 1.54) is 6.92 Å². The summed E-state index contributed by atoms with van der Waals surface area (Å²) >= 11 is 0. The van der Waals surface area contributed by atoms with Gasteiger partial charge in [0.2, 0.25) is 0 Å². The van der Waals surface area contributed by atoms with E-state index < -0.39 is 8.32 Å². The third kappa shape index (κ3) is 5.29. The second-order valence-electron chi connectivity index (χ2n) is 9.89. The number of rotatable bonds is 6. The predicted molar refractivity (Wildman–Crippen MR) is 109 cm³/mol. The fraction of sp³-hybridized carbons (Fsp3) is 0.810. The molecule has 0 unspecified atom stereocenters. The molecular weight excluding hydrogens is 344 g/mol. The van der Waals surface area contributed by atoms with Crippen molar-refractivity contribution in [1.82, 2.24) is 0 Å². The van der Waals surface area contributed by atoms with Gasteiger partial charge in [0.25, 0.3) is 0 Å². The summed E-state index contributed by atoms with van der Waals surface area (Å²) in [5.41, 5.74) is 0.773. The Balaban J connectivity index is 3.17. The number of ether oxygens (including phenoxy) is 1. The van der Waals surface area contributed by atoms with Gasteiger partial charge in [0.1, 0.15) is 11.9 Å². The number of ketones is 1. The summed E-state index contributed by atoms with van der Waals surface area (Å²) < 4.78 is 12.4. The van der Waals surface area contributed by atoms with Gasteiger partial charge in [-0.3, -0.25) is 4.79 Å². The van der Waals surface area contributed by atoms with E-state index >= 15 is 0 Å². The van der Waals surface area contributed by atoms with Crippen molar-refractivity contribution in [3.8, 4) is 0 Å². The molecule has 3 atom stereocenters. The first kappa shape index (κ1) is 23.1. The van der Waals surface area contributed by atoms with Crippen LogP contribution in [0.2, 0.25) is 18.1 Å². The molecular formula is C21H38O4Si. The maximum atomic E-state index is 11.7. The van der Waals surface area contributed by atoms with E-state index in [2.05, 4.69) is 54.3 Å². The topological polar surface area (TPSA) is 52.6 Å². The molecule has 0 heterocycles. The predicted octanol–water partition coefficient (Wildman–Crippen LogP) is 5.28. The van der Waals surface area contributed by atoms with Crippen molar-refractivity contribution in [3.63, 3.8) is 0 Å². The second-order valence-corrected chi connectivity index (χ2v) is 14.6. The molecule has 26 heavy (non-hydrogen) atoms. The molecule has 0 saturated heterocycles. The lowest BCUT2D eigenvalue weighted by Crippen LogP contribution is -2.53. The van der Waals surface area contributed by atoms with E-state index in [-0.39, 0.29) is 40.3 Å². The molecule has 5 heteroatoms. The Labute approximate surface area is 160 Å². The van der Waals surface area contributed by atoms with Gasteiger partial charge in [0.05, 0.1) is 6.10 Å².